The number of nitrogens with one attached hydrogen (secondary N) is 2. The summed E-state index contributed by atoms with van der Waals surface area (Å²) in [6, 6.07) is 6.96. The van der Waals surface area contributed by atoms with Crippen molar-refractivity contribution in [2.24, 2.45) is 5.73 Å². The van der Waals surface area contributed by atoms with Crippen LogP contribution in [0.4, 0.5) is 10.8 Å². The van der Waals surface area contributed by atoms with E-state index >= 15 is 0 Å². The van der Waals surface area contributed by atoms with E-state index in [0.29, 0.717) is 16.7 Å². The number of nitrogens with zero attached hydrogens (tertiary/aromatic N) is 1. The second kappa shape index (κ2) is 9.10. The molecule has 26 heavy (non-hydrogen) atoms. The van der Waals surface area contributed by atoms with Gasteiger partial charge in [0, 0.05) is 29.6 Å². The Balaban J connectivity index is 1.84. The molecule has 2 rings (SSSR count). The fourth-order valence-corrected chi connectivity index (χ4v) is 2.96. The van der Waals surface area contributed by atoms with Gasteiger partial charge in [-0.15, -0.1) is 11.3 Å². The number of hydrogen-bond donors (Lipinski definition) is 3. The van der Waals surface area contributed by atoms with Crippen LogP contribution in [0.25, 0.3) is 0 Å². The van der Waals surface area contributed by atoms with Crippen molar-refractivity contribution in [1.82, 2.24) is 4.98 Å². The number of thiazole rings is 1. The number of rotatable bonds is 8. The van der Waals surface area contributed by atoms with Crippen LogP contribution in [-0.2, 0) is 20.8 Å². The van der Waals surface area contributed by atoms with Gasteiger partial charge in [0.1, 0.15) is 0 Å². The van der Waals surface area contributed by atoms with E-state index in [1.807, 2.05) is 0 Å². The zero-order valence-corrected chi connectivity index (χ0v) is 15.6. The first kappa shape index (κ1) is 19.6. The largest absolute Gasteiger partial charge is 0.370 e. The van der Waals surface area contributed by atoms with E-state index < -0.39 is 5.91 Å². The topological polar surface area (TPSA) is 114 Å². The summed E-state index contributed by atoms with van der Waals surface area (Å²) in [6.07, 6.45) is 2.05. The van der Waals surface area contributed by atoms with Crippen LogP contribution in [0.2, 0.25) is 0 Å². The summed E-state index contributed by atoms with van der Waals surface area (Å²) in [6.45, 7) is 4.15. The maximum Gasteiger partial charge on any atom is 0.230 e. The molecule has 0 saturated heterocycles. The van der Waals surface area contributed by atoms with Crippen molar-refractivity contribution in [1.29, 1.82) is 0 Å². The summed E-state index contributed by atoms with van der Waals surface area (Å²) < 4.78 is 0. The molecule has 0 atom stereocenters. The Labute approximate surface area is 156 Å². The Hall–Kier alpha value is -2.74. The van der Waals surface area contributed by atoms with Crippen molar-refractivity contribution in [3.63, 3.8) is 0 Å². The molecule has 0 bridgehead atoms. The molecule has 1 aromatic heterocycles. The molecule has 0 aliphatic carbocycles. The Morgan fingerprint density at radius 3 is 2.35 bits per heavy atom. The number of primary amides is 1. The lowest BCUT2D eigenvalue weighted by Crippen LogP contribution is -2.17. The van der Waals surface area contributed by atoms with Crippen LogP contribution in [0.15, 0.2) is 30.5 Å². The van der Waals surface area contributed by atoms with Gasteiger partial charge in [-0.05, 0) is 23.6 Å². The molecule has 0 aliphatic rings. The normalized spacial score (nSPS) is 10.6. The average Bonchev–Trinajstić information content (AvgIpc) is 3.03. The molecule has 1 heterocycles. The van der Waals surface area contributed by atoms with Gasteiger partial charge in [-0.2, -0.15) is 0 Å². The third kappa shape index (κ3) is 6.29. The van der Waals surface area contributed by atoms with Gasteiger partial charge in [0.25, 0.3) is 0 Å². The minimum atomic E-state index is -0.512. The predicted octanol–water partition coefficient (Wildman–Crippen LogP) is 2.65. The van der Waals surface area contributed by atoms with Crippen LogP contribution in [0.1, 0.15) is 43.0 Å². The third-order valence-electron chi connectivity index (χ3n) is 3.54. The summed E-state index contributed by atoms with van der Waals surface area (Å²) in [5, 5.41) is 6.06. The molecular formula is C18H22N4O3S. The zero-order chi connectivity index (χ0) is 19.1. The number of hydrogen-bond acceptors (Lipinski definition) is 5. The van der Waals surface area contributed by atoms with Crippen molar-refractivity contribution >= 4 is 39.9 Å². The number of anilines is 2. The van der Waals surface area contributed by atoms with Crippen LogP contribution < -0.4 is 16.4 Å². The first-order chi connectivity index (χ1) is 12.3. The number of benzene rings is 1. The molecular weight excluding hydrogens is 352 g/mol. The molecule has 7 nitrogen and oxygen atoms in total. The van der Waals surface area contributed by atoms with Crippen LogP contribution in [0.5, 0.6) is 0 Å². The minimum Gasteiger partial charge on any atom is -0.370 e. The van der Waals surface area contributed by atoms with Gasteiger partial charge in [-0.3, -0.25) is 14.4 Å². The molecule has 0 spiro atoms. The predicted molar refractivity (Wildman–Crippen MR) is 102 cm³/mol. The zero-order valence-electron chi connectivity index (χ0n) is 14.7. The number of amides is 3. The maximum atomic E-state index is 12.1. The molecule has 2 aromatic rings. The van der Waals surface area contributed by atoms with E-state index in [9.17, 15) is 14.4 Å². The van der Waals surface area contributed by atoms with E-state index in [0.717, 1.165) is 10.4 Å². The van der Waals surface area contributed by atoms with Gasteiger partial charge in [-0.25, -0.2) is 4.98 Å². The highest BCUT2D eigenvalue weighted by atomic mass is 32.1. The van der Waals surface area contributed by atoms with Gasteiger partial charge in [0.2, 0.25) is 17.7 Å². The molecule has 8 heteroatoms. The van der Waals surface area contributed by atoms with Crippen LogP contribution in [0, 0.1) is 0 Å². The van der Waals surface area contributed by atoms with Crippen LogP contribution >= 0.6 is 11.3 Å². The van der Waals surface area contributed by atoms with Crippen LogP contribution in [0.3, 0.4) is 0 Å². The SMILES string of the molecule is CC(C)c1cnc(NC(=O)Cc2ccc(NC(=O)CCC(N)=O)cc2)s1. The van der Waals surface area contributed by atoms with Crippen LogP contribution in [-0.4, -0.2) is 22.7 Å². The number of aromatic nitrogens is 1. The minimum absolute atomic E-state index is 0.0133. The monoisotopic (exact) mass is 374 g/mol. The number of carbonyl (C=O) groups excluding carboxylic acids is 3. The summed E-state index contributed by atoms with van der Waals surface area (Å²) in [7, 11) is 0. The molecule has 3 amide bonds. The Bertz CT molecular complexity index is 784. The standard InChI is InChI=1S/C18H22N4O3S/c1-11(2)14-10-20-18(26-14)22-17(25)9-12-3-5-13(6-4-12)21-16(24)8-7-15(19)23/h3-6,10-11H,7-9H2,1-2H3,(H2,19,23)(H,21,24)(H,20,22,25). The van der Waals surface area contributed by atoms with E-state index in [4.69, 9.17) is 5.73 Å². The number of carbonyl (C=O) groups is 3. The lowest BCUT2D eigenvalue weighted by Gasteiger charge is -2.06. The highest BCUT2D eigenvalue weighted by Gasteiger charge is 2.10. The third-order valence-corrected chi connectivity index (χ3v) is 4.75. The second-order valence-corrected chi connectivity index (χ2v) is 7.22. The molecule has 0 saturated carbocycles. The van der Waals surface area contributed by atoms with Gasteiger partial charge < -0.3 is 16.4 Å². The molecule has 0 fully saturated rings. The number of nitrogens with two attached hydrogens (primary N) is 1. The summed E-state index contributed by atoms with van der Waals surface area (Å²) in [5.41, 5.74) is 6.43. The van der Waals surface area contributed by atoms with Gasteiger partial charge in [0.15, 0.2) is 5.13 Å². The Morgan fingerprint density at radius 2 is 1.77 bits per heavy atom. The first-order valence-corrected chi connectivity index (χ1v) is 9.08. The Morgan fingerprint density at radius 1 is 1.08 bits per heavy atom. The summed E-state index contributed by atoms with van der Waals surface area (Å²) >= 11 is 1.47. The lowest BCUT2D eigenvalue weighted by atomic mass is 10.1. The molecule has 1 aromatic carbocycles. The fraction of sp³-hybridized carbons (Fsp3) is 0.333. The molecule has 138 valence electrons. The first-order valence-electron chi connectivity index (χ1n) is 8.26. The van der Waals surface area contributed by atoms with Crippen molar-refractivity contribution in [3.05, 3.63) is 40.9 Å². The van der Waals surface area contributed by atoms with Gasteiger partial charge in [-0.1, -0.05) is 26.0 Å². The summed E-state index contributed by atoms with van der Waals surface area (Å²) in [5.74, 6) is -0.557. The summed E-state index contributed by atoms with van der Waals surface area (Å²) in [4.78, 5) is 39.8. The molecule has 0 aliphatic heterocycles. The van der Waals surface area contributed by atoms with E-state index in [1.165, 1.54) is 11.3 Å². The second-order valence-electron chi connectivity index (χ2n) is 6.16. The fourth-order valence-electron chi connectivity index (χ4n) is 2.13. The molecule has 4 N–H and O–H groups in total. The van der Waals surface area contributed by atoms with E-state index in [2.05, 4.69) is 29.5 Å². The highest BCUT2D eigenvalue weighted by Crippen LogP contribution is 2.25. The smallest absolute Gasteiger partial charge is 0.230 e. The van der Waals surface area contributed by atoms with Crippen molar-refractivity contribution in [2.75, 3.05) is 10.6 Å². The molecule has 0 radical (unpaired) electrons. The maximum absolute atomic E-state index is 12.1. The lowest BCUT2D eigenvalue weighted by molar-refractivity contribution is -0.122. The van der Waals surface area contributed by atoms with Crippen molar-refractivity contribution in [2.45, 2.75) is 39.0 Å². The highest BCUT2D eigenvalue weighted by molar-refractivity contribution is 7.15. The quantitative estimate of drug-likeness (QED) is 0.659. The van der Waals surface area contributed by atoms with Gasteiger partial charge in [0.05, 0.1) is 6.42 Å². The Kier molecular flexibility index (Phi) is 6.85. The van der Waals surface area contributed by atoms with E-state index in [1.54, 1.807) is 30.5 Å². The van der Waals surface area contributed by atoms with E-state index in [-0.39, 0.29) is 31.1 Å². The molecule has 0 unspecified atom stereocenters. The van der Waals surface area contributed by atoms with Crippen molar-refractivity contribution < 1.29 is 14.4 Å². The van der Waals surface area contributed by atoms with Gasteiger partial charge >= 0.3 is 0 Å². The van der Waals surface area contributed by atoms with Crippen molar-refractivity contribution in [3.8, 4) is 0 Å². The average molecular weight is 374 g/mol.